The van der Waals surface area contributed by atoms with Crippen LogP contribution in [-0.4, -0.2) is 38.9 Å². The van der Waals surface area contributed by atoms with Crippen molar-refractivity contribution in [2.24, 2.45) is 5.92 Å². The molecule has 118 valence electrons. The van der Waals surface area contributed by atoms with Gasteiger partial charge in [0.2, 0.25) is 0 Å². The Balaban J connectivity index is 1.90. The summed E-state index contributed by atoms with van der Waals surface area (Å²) in [7, 11) is 0. The largest absolute Gasteiger partial charge is 0.390 e. The van der Waals surface area contributed by atoms with Gasteiger partial charge in [0.25, 0.3) is 5.69 Å². The highest BCUT2D eigenvalue weighted by Crippen LogP contribution is 2.36. The molecule has 1 fully saturated rings. The standard InChI is InChI=1S/C15H20N4O3/c1-15(2,20)11-3-5-18(6-4-11)13-8-12-10(9-16-17-12)7-14(13)19(21)22/h7-9,11,20H,3-6H2,1-2H3,(H,16,17). The molecule has 0 spiro atoms. The van der Waals surface area contributed by atoms with Crippen LogP contribution in [0.4, 0.5) is 11.4 Å². The summed E-state index contributed by atoms with van der Waals surface area (Å²) in [5.74, 6) is 0.221. The highest BCUT2D eigenvalue weighted by Gasteiger charge is 2.32. The molecule has 2 heterocycles. The van der Waals surface area contributed by atoms with Crippen LogP contribution in [-0.2, 0) is 0 Å². The Morgan fingerprint density at radius 1 is 1.41 bits per heavy atom. The second kappa shape index (κ2) is 5.24. The van der Waals surface area contributed by atoms with Gasteiger partial charge in [-0.15, -0.1) is 0 Å². The van der Waals surface area contributed by atoms with E-state index in [0.29, 0.717) is 18.8 Å². The first-order valence-electron chi connectivity index (χ1n) is 7.45. The molecule has 0 bridgehead atoms. The number of rotatable bonds is 3. The lowest BCUT2D eigenvalue weighted by atomic mass is 9.83. The number of aromatic nitrogens is 2. The van der Waals surface area contributed by atoms with Crippen LogP contribution in [0.1, 0.15) is 26.7 Å². The molecule has 0 aliphatic carbocycles. The van der Waals surface area contributed by atoms with Gasteiger partial charge in [-0.3, -0.25) is 15.2 Å². The van der Waals surface area contributed by atoms with Gasteiger partial charge in [0.05, 0.1) is 22.2 Å². The number of anilines is 1. The van der Waals surface area contributed by atoms with E-state index in [9.17, 15) is 15.2 Å². The maximum absolute atomic E-state index is 11.4. The summed E-state index contributed by atoms with van der Waals surface area (Å²) >= 11 is 0. The number of benzene rings is 1. The van der Waals surface area contributed by atoms with Crippen LogP contribution >= 0.6 is 0 Å². The minimum absolute atomic E-state index is 0.107. The van der Waals surface area contributed by atoms with Crippen LogP contribution in [0.3, 0.4) is 0 Å². The fourth-order valence-electron chi connectivity index (χ4n) is 3.19. The number of piperidine rings is 1. The molecule has 2 N–H and O–H groups in total. The molecular formula is C15H20N4O3. The van der Waals surface area contributed by atoms with E-state index in [-0.39, 0.29) is 16.5 Å². The summed E-state index contributed by atoms with van der Waals surface area (Å²) in [6.07, 6.45) is 3.23. The molecule has 22 heavy (non-hydrogen) atoms. The van der Waals surface area contributed by atoms with E-state index in [2.05, 4.69) is 10.2 Å². The molecule has 7 heteroatoms. The van der Waals surface area contributed by atoms with Crippen molar-refractivity contribution in [2.45, 2.75) is 32.3 Å². The predicted octanol–water partition coefficient (Wildman–Crippen LogP) is 2.46. The van der Waals surface area contributed by atoms with E-state index >= 15 is 0 Å². The van der Waals surface area contributed by atoms with E-state index in [1.807, 2.05) is 18.7 Å². The smallest absolute Gasteiger partial charge is 0.293 e. The molecule has 0 unspecified atom stereocenters. The summed E-state index contributed by atoms with van der Waals surface area (Å²) in [4.78, 5) is 13.0. The average molecular weight is 304 g/mol. The second-order valence-electron chi connectivity index (χ2n) is 6.47. The zero-order valence-corrected chi connectivity index (χ0v) is 12.7. The van der Waals surface area contributed by atoms with Crippen molar-refractivity contribution in [3.05, 3.63) is 28.4 Å². The van der Waals surface area contributed by atoms with Gasteiger partial charge in [-0.25, -0.2) is 0 Å². The Hall–Kier alpha value is -2.15. The molecule has 0 saturated carbocycles. The molecule has 1 aliphatic rings. The molecule has 0 radical (unpaired) electrons. The van der Waals surface area contributed by atoms with E-state index in [1.165, 1.54) is 0 Å². The van der Waals surface area contributed by atoms with E-state index in [4.69, 9.17) is 0 Å². The topological polar surface area (TPSA) is 95.3 Å². The van der Waals surface area contributed by atoms with Gasteiger partial charge < -0.3 is 10.0 Å². The van der Waals surface area contributed by atoms with E-state index in [1.54, 1.807) is 18.3 Å². The van der Waals surface area contributed by atoms with Crippen LogP contribution in [0.25, 0.3) is 10.9 Å². The van der Waals surface area contributed by atoms with Crippen LogP contribution < -0.4 is 4.90 Å². The third-order valence-corrected chi connectivity index (χ3v) is 4.57. The summed E-state index contributed by atoms with van der Waals surface area (Å²) in [6.45, 7) is 5.06. The van der Waals surface area contributed by atoms with Crippen molar-refractivity contribution in [1.29, 1.82) is 0 Å². The number of nitro benzene ring substituents is 1. The Bertz CT molecular complexity index is 696. The molecule has 0 amide bonds. The summed E-state index contributed by atoms with van der Waals surface area (Å²) in [6, 6.07) is 3.36. The van der Waals surface area contributed by atoms with Gasteiger partial charge in [0, 0.05) is 24.5 Å². The van der Waals surface area contributed by atoms with Gasteiger partial charge in [0.1, 0.15) is 5.69 Å². The predicted molar refractivity (Wildman–Crippen MR) is 84.0 cm³/mol. The van der Waals surface area contributed by atoms with Gasteiger partial charge in [0.15, 0.2) is 0 Å². The Kier molecular flexibility index (Phi) is 3.52. The third-order valence-electron chi connectivity index (χ3n) is 4.57. The number of aliphatic hydroxyl groups is 1. The van der Waals surface area contributed by atoms with Crippen molar-refractivity contribution < 1.29 is 10.0 Å². The molecule has 0 atom stereocenters. The van der Waals surface area contributed by atoms with Gasteiger partial charge in [-0.1, -0.05) is 0 Å². The third kappa shape index (κ3) is 2.64. The number of nitrogens with zero attached hydrogens (tertiary/aromatic N) is 3. The maximum atomic E-state index is 11.4. The summed E-state index contributed by atoms with van der Waals surface area (Å²) in [5.41, 5.74) is 0.822. The first kappa shape index (κ1) is 14.8. The monoisotopic (exact) mass is 304 g/mol. The molecular weight excluding hydrogens is 284 g/mol. The van der Waals surface area contributed by atoms with Crippen LogP contribution in [0.2, 0.25) is 0 Å². The molecule has 7 nitrogen and oxygen atoms in total. The lowest BCUT2D eigenvalue weighted by molar-refractivity contribution is -0.384. The highest BCUT2D eigenvalue weighted by molar-refractivity contribution is 5.87. The van der Waals surface area contributed by atoms with Gasteiger partial charge in [-0.2, -0.15) is 5.10 Å². The average Bonchev–Trinajstić information content (AvgIpc) is 2.92. The van der Waals surface area contributed by atoms with E-state index in [0.717, 1.165) is 23.7 Å². The lowest BCUT2D eigenvalue weighted by Gasteiger charge is -2.38. The number of fused-ring (bicyclic) bond motifs is 1. The number of aromatic amines is 1. The molecule has 2 aromatic rings. The maximum Gasteiger partial charge on any atom is 0.293 e. The van der Waals surface area contributed by atoms with Gasteiger partial charge >= 0.3 is 0 Å². The Morgan fingerprint density at radius 2 is 2.09 bits per heavy atom. The highest BCUT2D eigenvalue weighted by atomic mass is 16.6. The number of hydrogen-bond donors (Lipinski definition) is 2. The first-order chi connectivity index (χ1) is 10.4. The normalized spacial score (nSPS) is 17.1. The molecule has 1 aromatic heterocycles. The summed E-state index contributed by atoms with van der Waals surface area (Å²) in [5, 5.41) is 29.0. The van der Waals surface area contributed by atoms with Crippen molar-refractivity contribution in [3.8, 4) is 0 Å². The van der Waals surface area contributed by atoms with Crippen molar-refractivity contribution in [3.63, 3.8) is 0 Å². The Morgan fingerprint density at radius 3 is 2.68 bits per heavy atom. The zero-order chi connectivity index (χ0) is 15.9. The fourth-order valence-corrected chi connectivity index (χ4v) is 3.19. The van der Waals surface area contributed by atoms with Crippen molar-refractivity contribution >= 4 is 22.3 Å². The molecule has 1 aromatic carbocycles. The molecule has 1 aliphatic heterocycles. The van der Waals surface area contributed by atoms with Crippen LogP contribution in [0, 0.1) is 16.0 Å². The number of nitrogens with one attached hydrogen (secondary N) is 1. The fraction of sp³-hybridized carbons (Fsp3) is 0.533. The van der Waals surface area contributed by atoms with Crippen molar-refractivity contribution in [1.82, 2.24) is 10.2 Å². The van der Waals surface area contributed by atoms with E-state index < -0.39 is 5.60 Å². The van der Waals surface area contributed by atoms with Crippen LogP contribution in [0.5, 0.6) is 0 Å². The molecule has 3 rings (SSSR count). The first-order valence-corrected chi connectivity index (χ1v) is 7.45. The van der Waals surface area contributed by atoms with Crippen LogP contribution in [0.15, 0.2) is 18.3 Å². The quantitative estimate of drug-likeness (QED) is 0.671. The minimum atomic E-state index is -0.703. The molecule has 1 saturated heterocycles. The number of hydrogen-bond acceptors (Lipinski definition) is 5. The number of nitro groups is 1. The Labute approximate surface area is 128 Å². The summed E-state index contributed by atoms with van der Waals surface area (Å²) < 4.78 is 0. The van der Waals surface area contributed by atoms with Gasteiger partial charge in [-0.05, 0) is 38.7 Å². The minimum Gasteiger partial charge on any atom is -0.390 e. The second-order valence-corrected chi connectivity index (χ2v) is 6.47. The lowest BCUT2D eigenvalue weighted by Crippen LogP contribution is -2.42. The zero-order valence-electron chi connectivity index (χ0n) is 12.7. The SMILES string of the molecule is CC(C)(O)C1CCN(c2cc3[nH]ncc3cc2[N+](=O)[O-])CC1. The van der Waals surface area contributed by atoms with Crippen molar-refractivity contribution in [2.75, 3.05) is 18.0 Å². The number of H-pyrrole nitrogens is 1.